The molecule has 0 radical (unpaired) electrons. The van der Waals surface area contributed by atoms with Crippen LogP contribution in [0, 0.1) is 11.6 Å². The molecule has 10 heteroatoms. The molecule has 0 saturated carbocycles. The minimum Gasteiger partial charge on any atom is -0.478 e. The molecule has 0 bridgehead atoms. The molecule has 0 unspecified atom stereocenters. The second kappa shape index (κ2) is 5.95. The summed E-state index contributed by atoms with van der Waals surface area (Å²) in [5, 5.41) is 20.5. The fourth-order valence-electron chi connectivity index (χ4n) is 2.27. The van der Waals surface area contributed by atoms with Crippen molar-refractivity contribution in [2.75, 3.05) is 0 Å². The second-order valence-corrected chi connectivity index (χ2v) is 4.77. The van der Waals surface area contributed by atoms with Crippen molar-refractivity contribution in [3.8, 4) is 0 Å². The summed E-state index contributed by atoms with van der Waals surface area (Å²) in [7, 11) is 0. The van der Waals surface area contributed by atoms with E-state index in [0.717, 1.165) is 12.4 Å². The zero-order valence-corrected chi connectivity index (χ0v) is 11.5. The molecule has 0 aliphatic carbocycles. The van der Waals surface area contributed by atoms with Gasteiger partial charge in [0.2, 0.25) is 0 Å². The van der Waals surface area contributed by atoms with Gasteiger partial charge in [-0.15, -0.1) is 0 Å². The van der Waals surface area contributed by atoms with Crippen LogP contribution in [0.3, 0.4) is 0 Å². The zero-order valence-electron chi connectivity index (χ0n) is 11.5. The lowest BCUT2D eigenvalue weighted by Gasteiger charge is -2.23. The van der Waals surface area contributed by atoms with Crippen molar-refractivity contribution < 1.29 is 41.8 Å². The summed E-state index contributed by atoms with van der Waals surface area (Å²) in [5.74, 6) is -8.98. The van der Waals surface area contributed by atoms with Crippen LogP contribution in [0.4, 0.5) is 22.0 Å². The van der Waals surface area contributed by atoms with Crippen molar-refractivity contribution in [2.45, 2.75) is 12.1 Å². The van der Waals surface area contributed by atoms with E-state index in [-0.39, 0.29) is 6.07 Å². The van der Waals surface area contributed by atoms with Crippen molar-refractivity contribution in [1.82, 2.24) is 5.32 Å². The van der Waals surface area contributed by atoms with E-state index in [2.05, 4.69) is 5.32 Å². The average Bonchev–Trinajstić information content (AvgIpc) is 2.47. The third kappa shape index (κ3) is 3.07. The van der Waals surface area contributed by atoms with Crippen LogP contribution in [0.15, 0.2) is 35.7 Å². The molecule has 2 rings (SSSR count). The van der Waals surface area contributed by atoms with Crippen LogP contribution in [0.25, 0.3) is 0 Å². The van der Waals surface area contributed by atoms with E-state index in [1.54, 1.807) is 0 Å². The zero-order chi connectivity index (χ0) is 18.2. The monoisotopic (exact) mass is 349 g/mol. The fraction of sp³-hybridized carbons (Fsp3) is 0.143. The molecule has 1 heterocycles. The molecule has 1 aliphatic heterocycles. The number of benzene rings is 1. The minimum atomic E-state index is -5.24. The molecule has 24 heavy (non-hydrogen) atoms. The Kier molecular flexibility index (Phi) is 4.32. The number of halogens is 5. The van der Waals surface area contributed by atoms with E-state index >= 15 is 0 Å². The van der Waals surface area contributed by atoms with Crippen LogP contribution in [-0.4, -0.2) is 22.2 Å². The normalized spacial score (nSPS) is 15.4. The first-order valence-electron chi connectivity index (χ1n) is 6.23. The Labute approximate surface area is 130 Å². The lowest BCUT2D eigenvalue weighted by atomic mass is 9.83. The third-order valence-electron chi connectivity index (χ3n) is 3.28. The topological polar surface area (TPSA) is 86.6 Å². The van der Waals surface area contributed by atoms with Gasteiger partial charge >= 0.3 is 18.1 Å². The molecule has 0 aromatic heterocycles. The van der Waals surface area contributed by atoms with Crippen molar-refractivity contribution in [1.29, 1.82) is 0 Å². The maximum Gasteiger partial charge on any atom is 0.419 e. The Morgan fingerprint density at radius 1 is 1.00 bits per heavy atom. The number of alkyl halides is 3. The van der Waals surface area contributed by atoms with Crippen LogP contribution in [0.1, 0.15) is 17.0 Å². The first-order chi connectivity index (χ1) is 11.0. The summed E-state index contributed by atoms with van der Waals surface area (Å²) in [6.07, 6.45) is -3.53. The number of hydrogen-bond donors (Lipinski definition) is 3. The van der Waals surface area contributed by atoms with Gasteiger partial charge in [0.1, 0.15) is 0 Å². The Balaban J connectivity index is 2.70. The highest BCUT2D eigenvalue weighted by Gasteiger charge is 2.39. The van der Waals surface area contributed by atoms with Gasteiger partial charge in [-0.3, -0.25) is 0 Å². The van der Waals surface area contributed by atoms with Crippen LogP contribution in [-0.2, 0) is 15.8 Å². The van der Waals surface area contributed by atoms with E-state index in [1.807, 2.05) is 0 Å². The van der Waals surface area contributed by atoms with Gasteiger partial charge in [-0.1, -0.05) is 0 Å². The SMILES string of the molecule is O=C(O)C1=CNC=C(C(=O)O)C1c1cc(F)c(F)c(C(F)(F)F)c1. The minimum absolute atomic E-state index is 0.196. The van der Waals surface area contributed by atoms with Crippen molar-refractivity contribution in [3.63, 3.8) is 0 Å². The van der Waals surface area contributed by atoms with Gasteiger partial charge in [-0.05, 0) is 17.7 Å². The molecule has 128 valence electrons. The molecule has 1 aromatic rings. The Bertz CT molecular complexity index is 752. The molecule has 0 saturated heterocycles. The van der Waals surface area contributed by atoms with E-state index < -0.39 is 57.9 Å². The standard InChI is InChI=1S/C14H8F5NO4/c15-9-2-5(1-8(11(9)16)14(17,18)19)10-6(12(21)22)3-20-4-7(10)13(23)24/h1-4,10,20H,(H,21,22)(H,23,24). The highest BCUT2D eigenvalue weighted by molar-refractivity contribution is 5.97. The molecule has 5 nitrogen and oxygen atoms in total. The molecule has 1 aliphatic rings. The quantitative estimate of drug-likeness (QED) is 0.731. The highest BCUT2D eigenvalue weighted by atomic mass is 19.4. The molecule has 0 spiro atoms. The molecule has 3 N–H and O–H groups in total. The van der Waals surface area contributed by atoms with Crippen molar-refractivity contribution in [2.24, 2.45) is 0 Å². The predicted molar refractivity (Wildman–Crippen MR) is 68.7 cm³/mol. The van der Waals surface area contributed by atoms with Crippen LogP contribution >= 0.6 is 0 Å². The highest BCUT2D eigenvalue weighted by Crippen LogP contribution is 2.39. The van der Waals surface area contributed by atoms with Gasteiger partial charge in [0.15, 0.2) is 11.6 Å². The van der Waals surface area contributed by atoms with Gasteiger partial charge in [-0.2, -0.15) is 13.2 Å². The number of dihydropyridines is 1. The number of aliphatic carboxylic acids is 2. The third-order valence-corrected chi connectivity index (χ3v) is 3.28. The second-order valence-electron chi connectivity index (χ2n) is 4.77. The molecule has 0 atom stereocenters. The Hall–Kier alpha value is -2.91. The van der Waals surface area contributed by atoms with Crippen LogP contribution < -0.4 is 5.32 Å². The largest absolute Gasteiger partial charge is 0.478 e. The molecule has 0 amide bonds. The van der Waals surface area contributed by atoms with E-state index in [9.17, 15) is 31.5 Å². The number of rotatable bonds is 3. The number of carboxylic acids is 2. The summed E-state index contributed by atoms with van der Waals surface area (Å²) in [6, 6.07) is 0.538. The Morgan fingerprint density at radius 2 is 1.50 bits per heavy atom. The average molecular weight is 349 g/mol. The maximum absolute atomic E-state index is 13.6. The van der Waals surface area contributed by atoms with Gasteiger partial charge < -0.3 is 15.5 Å². The number of hydrogen-bond acceptors (Lipinski definition) is 3. The number of carboxylic acid groups (broad SMARTS) is 2. The van der Waals surface area contributed by atoms with Gasteiger partial charge in [0.05, 0.1) is 22.6 Å². The molecular weight excluding hydrogens is 341 g/mol. The van der Waals surface area contributed by atoms with E-state index in [4.69, 9.17) is 10.2 Å². The maximum atomic E-state index is 13.6. The Morgan fingerprint density at radius 3 is 1.92 bits per heavy atom. The van der Waals surface area contributed by atoms with E-state index in [1.165, 1.54) is 0 Å². The smallest absolute Gasteiger partial charge is 0.419 e. The fourth-order valence-corrected chi connectivity index (χ4v) is 2.27. The first-order valence-corrected chi connectivity index (χ1v) is 6.23. The van der Waals surface area contributed by atoms with Crippen LogP contribution in [0.5, 0.6) is 0 Å². The van der Waals surface area contributed by atoms with Gasteiger partial charge in [-0.25, -0.2) is 18.4 Å². The molecule has 0 fully saturated rings. The van der Waals surface area contributed by atoms with Crippen LogP contribution in [0.2, 0.25) is 0 Å². The summed E-state index contributed by atoms with van der Waals surface area (Å²) in [4.78, 5) is 22.4. The number of nitrogens with one attached hydrogen (secondary N) is 1. The predicted octanol–water partition coefficient (Wildman–Crippen LogP) is 2.61. The molecule has 1 aromatic carbocycles. The summed E-state index contributed by atoms with van der Waals surface area (Å²) in [6.45, 7) is 0. The number of carbonyl (C=O) groups is 2. The first kappa shape index (κ1) is 17.4. The van der Waals surface area contributed by atoms with Gasteiger partial charge in [0.25, 0.3) is 0 Å². The summed E-state index contributed by atoms with van der Waals surface area (Å²) < 4.78 is 65.4. The van der Waals surface area contributed by atoms with Gasteiger partial charge in [0, 0.05) is 12.4 Å². The summed E-state index contributed by atoms with van der Waals surface area (Å²) >= 11 is 0. The lowest BCUT2D eigenvalue weighted by molar-refractivity contribution is -0.140. The molecular formula is C14H8F5NO4. The van der Waals surface area contributed by atoms with Crippen molar-refractivity contribution >= 4 is 11.9 Å². The lowest BCUT2D eigenvalue weighted by Crippen LogP contribution is -2.25. The van der Waals surface area contributed by atoms with Crippen molar-refractivity contribution in [3.05, 3.63) is 58.4 Å². The van der Waals surface area contributed by atoms with E-state index in [0.29, 0.717) is 6.07 Å². The summed E-state index contributed by atoms with van der Waals surface area (Å²) in [5.41, 5.74) is -3.86.